The molecule has 10 heteroatoms. The Labute approximate surface area is 282 Å². The van der Waals surface area contributed by atoms with Crippen molar-refractivity contribution in [3.8, 4) is 12.1 Å². The topological polar surface area (TPSA) is 102 Å². The van der Waals surface area contributed by atoms with Gasteiger partial charge in [0.1, 0.15) is 12.4 Å². The summed E-state index contributed by atoms with van der Waals surface area (Å²) in [6.07, 6.45) is 10.1. The first-order valence-corrected chi connectivity index (χ1v) is 16.9. The Hall–Kier alpha value is -5.01. The van der Waals surface area contributed by atoms with Crippen molar-refractivity contribution in [1.82, 2.24) is 24.8 Å². The molecule has 0 N–H and O–H groups in total. The molecule has 2 saturated heterocycles. The number of aryl methyl sites for hydroxylation is 1. The maximum atomic E-state index is 13.4. The lowest BCUT2D eigenvalue weighted by molar-refractivity contribution is -0.128. The molecule has 2 atom stereocenters. The van der Waals surface area contributed by atoms with Gasteiger partial charge in [-0.25, -0.2) is 0 Å². The molecule has 246 valence electrons. The number of piperazine rings is 1. The summed E-state index contributed by atoms with van der Waals surface area (Å²) >= 11 is 0. The molecular formula is C38H42N8O2. The third-order valence-electron chi connectivity index (χ3n) is 10.0. The van der Waals surface area contributed by atoms with Crippen LogP contribution in [0.25, 0.3) is 16.8 Å². The maximum absolute atomic E-state index is 13.4. The van der Waals surface area contributed by atoms with E-state index in [1.807, 2.05) is 17.0 Å². The van der Waals surface area contributed by atoms with Gasteiger partial charge in [0.25, 0.3) is 0 Å². The van der Waals surface area contributed by atoms with Crippen LogP contribution < -0.4 is 14.5 Å². The van der Waals surface area contributed by atoms with Gasteiger partial charge in [-0.05, 0) is 80.6 Å². The summed E-state index contributed by atoms with van der Waals surface area (Å²) in [5, 5.41) is 12.3. The van der Waals surface area contributed by atoms with Crippen molar-refractivity contribution in [2.75, 3.05) is 56.2 Å². The number of anilines is 2. The van der Waals surface area contributed by atoms with Gasteiger partial charge in [-0.2, -0.15) is 15.2 Å². The molecule has 0 spiro atoms. The molecule has 3 aliphatic heterocycles. The van der Waals surface area contributed by atoms with Crippen molar-refractivity contribution < 1.29 is 9.53 Å². The van der Waals surface area contributed by atoms with Crippen LogP contribution in [0.15, 0.2) is 67.0 Å². The number of aromatic nitrogens is 3. The fourth-order valence-electron chi connectivity index (χ4n) is 7.41. The summed E-state index contributed by atoms with van der Waals surface area (Å²) in [6.45, 7) is 6.90. The van der Waals surface area contributed by atoms with Crippen LogP contribution in [0, 0.1) is 18.3 Å². The number of pyridine rings is 1. The Kier molecular flexibility index (Phi) is 9.21. The molecule has 3 aliphatic rings. The number of benzene rings is 2. The second-order valence-corrected chi connectivity index (χ2v) is 13.1. The summed E-state index contributed by atoms with van der Waals surface area (Å²) in [7, 11) is 2.15. The number of hydrogen-bond donors (Lipinski definition) is 0. The molecule has 0 unspecified atom stereocenters. The van der Waals surface area contributed by atoms with Crippen LogP contribution in [0.2, 0.25) is 0 Å². The number of hydrogen-bond acceptors (Lipinski definition) is 9. The van der Waals surface area contributed by atoms with Gasteiger partial charge in [0.05, 0.1) is 30.8 Å². The molecule has 2 fully saturated rings. The SMILES string of the molecule is Cc1cccc2cccc(N3CCc4c(nc(OC[C@@H]5CCCN5C)nc4N4CCN(C(=O)/C=C/c5ccncc5)[C@@H](CC#N)C4)C3)c12. The average molecular weight is 643 g/mol. The molecule has 2 aromatic heterocycles. The van der Waals surface area contributed by atoms with Crippen molar-refractivity contribution in [3.05, 3.63) is 89.4 Å². The number of nitriles is 1. The number of nitrogens with zero attached hydrogens (tertiary/aromatic N) is 8. The van der Waals surface area contributed by atoms with Crippen molar-refractivity contribution in [2.45, 2.75) is 51.2 Å². The van der Waals surface area contributed by atoms with E-state index in [1.54, 1.807) is 24.5 Å². The van der Waals surface area contributed by atoms with E-state index >= 15 is 0 Å². The minimum Gasteiger partial charge on any atom is -0.462 e. The van der Waals surface area contributed by atoms with E-state index in [2.05, 4.69) is 76.1 Å². The molecule has 7 rings (SSSR count). The Balaban J connectivity index is 1.18. The molecule has 0 saturated carbocycles. The van der Waals surface area contributed by atoms with Crippen LogP contribution in [0.5, 0.6) is 6.01 Å². The highest BCUT2D eigenvalue weighted by Crippen LogP contribution is 2.36. The number of fused-ring (bicyclic) bond motifs is 2. The second-order valence-electron chi connectivity index (χ2n) is 13.1. The maximum Gasteiger partial charge on any atom is 0.318 e. The summed E-state index contributed by atoms with van der Waals surface area (Å²) < 4.78 is 6.36. The van der Waals surface area contributed by atoms with Gasteiger partial charge >= 0.3 is 6.01 Å². The molecular weight excluding hydrogens is 600 g/mol. The second kappa shape index (κ2) is 14.0. The number of likely N-dealkylation sites (N-methyl/N-ethyl adjacent to an activating group) is 1. The van der Waals surface area contributed by atoms with Gasteiger partial charge in [0.2, 0.25) is 5.91 Å². The standard InChI is InChI=1S/C38H42N8O2/c1-27-6-3-7-29-8-4-10-34(36(27)29)44-21-16-32-33(25-44)41-38(48-26-31-9-5-20-43(31)2)42-37(32)45-22-23-46(30(24-45)13-17-39)35(47)12-11-28-14-18-40-19-15-28/h3-4,6-8,10-12,14-15,18-19,30-31H,5,9,13,16,20-26H2,1-2H3/b12-11+/t30-,31-/m0/s1. The first-order chi connectivity index (χ1) is 23.5. The van der Waals surface area contributed by atoms with Crippen molar-refractivity contribution in [3.63, 3.8) is 0 Å². The number of likely N-dealkylation sites (tertiary alicyclic amines) is 1. The van der Waals surface area contributed by atoms with Crippen LogP contribution in [0.3, 0.4) is 0 Å². The monoisotopic (exact) mass is 642 g/mol. The van der Waals surface area contributed by atoms with E-state index < -0.39 is 0 Å². The number of amides is 1. The Bertz CT molecular complexity index is 1850. The molecule has 48 heavy (non-hydrogen) atoms. The fraction of sp³-hybridized carbons (Fsp3) is 0.395. The number of rotatable bonds is 8. The van der Waals surface area contributed by atoms with Gasteiger partial charge in [-0.3, -0.25) is 9.78 Å². The highest BCUT2D eigenvalue weighted by atomic mass is 16.5. The zero-order valence-corrected chi connectivity index (χ0v) is 27.8. The van der Waals surface area contributed by atoms with Gasteiger partial charge in [0.15, 0.2) is 0 Å². The predicted molar refractivity (Wildman–Crippen MR) is 188 cm³/mol. The smallest absolute Gasteiger partial charge is 0.318 e. The van der Waals surface area contributed by atoms with E-state index in [0.29, 0.717) is 44.8 Å². The average Bonchev–Trinajstić information content (AvgIpc) is 3.53. The van der Waals surface area contributed by atoms with Crippen LogP contribution >= 0.6 is 0 Å². The fourth-order valence-corrected chi connectivity index (χ4v) is 7.41. The number of carbonyl (C=O) groups is 1. The molecule has 0 aliphatic carbocycles. The van der Waals surface area contributed by atoms with Crippen molar-refractivity contribution in [1.29, 1.82) is 5.26 Å². The van der Waals surface area contributed by atoms with Crippen LogP contribution in [-0.2, 0) is 17.8 Å². The van der Waals surface area contributed by atoms with Gasteiger partial charge < -0.3 is 24.3 Å². The van der Waals surface area contributed by atoms with E-state index in [4.69, 9.17) is 14.7 Å². The van der Waals surface area contributed by atoms with Gasteiger partial charge in [-0.15, -0.1) is 0 Å². The lowest BCUT2D eigenvalue weighted by Crippen LogP contribution is -2.55. The van der Waals surface area contributed by atoms with E-state index in [1.165, 1.54) is 28.4 Å². The third kappa shape index (κ3) is 6.56. The minimum atomic E-state index is -0.265. The van der Waals surface area contributed by atoms with Crippen LogP contribution in [0.4, 0.5) is 11.5 Å². The first kappa shape index (κ1) is 31.6. The zero-order chi connectivity index (χ0) is 33.0. The highest BCUT2D eigenvalue weighted by molar-refractivity contribution is 5.97. The molecule has 1 amide bonds. The number of ether oxygens (including phenoxy) is 1. The summed E-state index contributed by atoms with van der Waals surface area (Å²) in [5.41, 5.74) is 5.48. The van der Waals surface area contributed by atoms with Gasteiger partial charge in [0, 0.05) is 67.3 Å². The third-order valence-corrected chi connectivity index (χ3v) is 10.0. The Morgan fingerprint density at radius 2 is 1.85 bits per heavy atom. The zero-order valence-electron chi connectivity index (χ0n) is 27.8. The van der Waals surface area contributed by atoms with Crippen molar-refractivity contribution >= 4 is 34.3 Å². The lowest BCUT2D eigenvalue weighted by atomic mass is 9.99. The Morgan fingerprint density at radius 3 is 2.65 bits per heavy atom. The van der Waals surface area contributed by atoms with Gasteiger partial charge in [-0.1, -0.05) is 30.3 Å². The molecule has 5 heterocycles. The Morgan fingerprint density at radius 1 is 1.02 bits per heavy atom. The molecule has 0 bridgehead atoms. The van der Waals surface area contributed by atoms with Crippen molar-refractivity contribution in [2.24, 2.45) is 0 Å². The molecule has 10 nitrogen and oxygen atoms in total. The molecule has 4 aromatic rings. The van der Waals surface area contributed by atoms with E-state index in [-0.39, 0.29) is 18.4 Å². The van der Waals surface area contributed by atoms with Crippen LogP contribution in [0.1, 0.15) is 41.6 Å². The quantitative estimate of drug-likeness (QED) is 0.246. The number of carbonyl (C=O) groups excluding carboxylic acids is 1. The summed E-state index contributed by atoms with van der Waals surface area (Å²) in [5.74, 6) is 0.771. The first-order valence-electron chi connectivity index (χ1n) is 16.9. The minimum absolute atomic E-state index is 0.0952. The lowest BCUT2D eigenvalue weighted by Gasteiger charge is -2.42. The largest absolute Gasteiger partial charge is 0.462 e. The predicted octanol–water partition coefficient (Wildman–Crippen LogP) is 5.01. The summed E-state index contributed by atoms with van der Waals surface area (Å²) in [6, 6.07) is 19.5. The van der Waals surface area contributed by atoms with E-state index in [0.717, 1.165) is 48.6 Å². The highest BCUT2D eigenvalue weighted by Gasteiger charge is 2.34. The van der Waals surface area contributed by atoms with E-state index in [9.17, 15) is 10.1 Å². The summed E-state index contributed by atoms with van der Waals surface area (Å²) in [4.78, 5) is 36.3. The molecule has 0 radical (unpaired) electrons. The normalized spacial score (nSPS) is 19.9. The van der Waals surface area contributed by atoms with Crippen LogP contribution in [-0.4, -0.2) is 89.1 Å². The molecule has 2 aromatic carbocycles.